The number of hydrogen-bond acceptors (Lipinski definition) is 4. The summed E-state index contributed by atoms with van der Waals surface area (Å²) < 4.78 is 40.6. The zero-order valence-electron chi connectivity index (χ0n) is 14.4. The van der Waals surface area contributed by atoms with Crippen LogP contribution in [0.1, 0.15) is 12.8 Å². The van der Waals surface area contributed by atoms with E-state index in [0.29, 0.717) is 42.0 Å². The first kappa shape index (κ1) is 18.9. The SMILES string of the molecule is C=CCn1c(=NC(=O)C2CCN(S(C)(=O)=O)CC2)sc2cc(F)ccc21. The zero-order valence-corrected chi connectivity index (χ0v) is 16.0. The van der Waals surface area contributed by atoms with Crippen molar-refractivity contribution in [2.75, 3.05) is 19.3 Å². The van der Waals surface area contributed by atoms with Crippen molar-refractivity contribution in [3.8, 4) is 0 Å². The summed E-state index contributed by atoms with van der Waals surface area (Å²) in [5, 5.41) is 0. The van der Waals surface area contributed by atoms with Gasteiger partial charge in [0.1, 0.15) is 5.82 Å². The van der Waals surface area contributed by atoms with Crippen molar-refractivity contribution < 1.29 is 17.6 Å². The first-order chi connectivity index (χ1) is 12.3. The van der Waals surface area contributed by atoms with E-state index in [1.807, 2.05) is 4.57 Å². The first-order valence-electron chi connectivity index (χ1n) is 8.23. The number of nitrogens with zero attached hydrogens (tertiary/aromatic N) is 3. The highest BCUT2D eigenvalue weighted by atomic mass is 32.2. The first-order valence-corrected chi connectivity index (χ1v) is 10.9. The molecule has 1 aliphatic rings. The molecule has 0 atom stereocenters. The predicted molar refractivity (Wildman–Crippen MR) is 99.7 cm³/mol. The van der Waals surface area contributed by atoms with Gasteiger partial charge in [-0.15, -0.1) is 6.58 Å². The minimum absolute atomic E-state index is 0.261. The molecule has 1 aromatic carbocycles. The number of fused-ring (bicyclic) bond motifs is 1. The van der Waals surface area contributed by atoms with E-state index in [2.05, 4.69) is 11.6 Å². The van der Waals surface area contributed by atoms with E-state index in [9.17, 15) is 17.6 Å². The molecule has 0 N–H and O–H groups in total. The number of hydrogen-bond donors (Lipinski definition) is 0. The third-order valence-corrected chi connectivity index (χ3v) is 6.78. The van der Waals surface area contributed by atoms with Crippen molar-refractivity contribution in [3.05, 3.63) is 41.5 Å². The lowest BCUT2D eigenvalue weighted by Gasteiger charge is -2.28. The Morgan fingerprint density at radius 2 is 2.12 bits per heavy atom. The molecule has 2 aromatic rings. The minimum Gasteiger partial charge on any atom is -0.313 e. The number of thiazole rings is 1. The fourth-order valence-electron chi connectivity index (χ4n) is 3.06. The molecule has 1 aromatic heterocycles. The molecule has 1 aliphatic heterocycles. The predicted octanol–water partition coefficient (Wildman–Crippen LogP) is 2.13. The van der Waals surface area contributed by atoms with Crippen molar-refractivity contribution >= 4 is 37.5 Å². The molecule has 0 aliphatic carbocycles. The van der Waals surface area contributed by atoms with Gasteiger partial charge in [0.15, 0.2) is 4.80 Å². The van der Waals surface area contributed by atoms with Gasteiger partial charge in [-0.05, 0) is 31.0 Å². The Hall–Kier alpha value is -1.84. The largest absolute Gasteiger partial charge is 0.313 e. The van der Waals surface area contributed by atoms with Crippen molar-refractivity contribution in [3.63, 3.8) is 0 Å². The van der Waals surface area contributed by atoms with Crippen molar-refractivity contribution in [1.29, 1.82) is 0 Å². The Labute approximate surface area is 155 Å². The van der Waals surface area contributed by atoms with Crippen LogP contribution in [0.15, 0.2) is 35.8 Å². The molecule has 3 rings (SSSR count). The molecule has 0 radical (unpaired) electrons. The molecule has 26 heavy (non-hydrogen) atoms. The molecule has 9 heteroatoms. The topological polar surface area (TPSA) is 71.7 Å². The number of amides is 1. The molecule has 2 heterocycles. The highest BCUT2D eigenvalue weighted by Crippen LogP contribution is 2.22. The molecule has 0 bridgehead atoms. The summed E-state index contributed by atoms with van der Waals surface area (Å²) in [6.07, 6.45) is 3.78. The fraction of sp³-hybridized carbons (Fsp3) is 0.412. The van der Waals surface area contributed by atoms with Crippen LogP contribution in [-0.4, -0.2) is 42.5 Å². The van der Waals surface area contributed by atoms with E-state index in [1.54, 1.807) is 12.1 Å². The summed E-state index contributed by atoms with van der Waals surface area (Å²) in [7, 11) is -3.23. The number of aromatic nitrogens is 1. The molecule has 1 saturated heterocycles. The second-order valence-electron chi connectivity index (χ2n) is 6.28. The van der Waals surface area contributed by atoms with Gasteiger partial charge in [0, 0.05) is 25.6 Å². The van der Waals surface area contributed by atoms with Gasteiger partial charge >= 0.3 is 0 Å². The maximum absolute atomic E-state index is 13.5. The average Bonchev–Trinajstić information content (AvgIpc) is 2.91. The molecule has 6 nitrogen and oxygen atoms in total. The van der Waals surface area contributed by atoms with Gasteiger partial charge in [-0.2, -0.15) is 4.99 Å². The van der Waals surface area contributed by atoms with E-state index >= 15 is 0 Å². The van der Waals surface area contributed by atoms with Crippen LogP contribution in [0.25, 0.3) is 10.2 Å². The molecular weight excluding hydrogens is 377 g/mol. The molecule has 0 saturated carbocycles. The van der Waals surface area contributed by atoms with E-state index in [0.717, 1.165) is 5.52 Å². The maximum atomic E-state index is 13.5. The summed E-state index contributed by atoms with van der Waals surface area (Å²) in [5.74, 6) is -0.898. The lowest BCUT2D eigenvalue weighted by Crippen LogP contribution is -2.39. The Morgan fingerprint density at radius 3 is 2.73 bits per heavy atom. The second kappa shape index (κ2) is 7.42. The van der Waals surface area contributed by atoms with Gasteiger partial charge in [0.25, 0.3) is 5.91 Å². The number of carbonyl (C=O) groups is 1. The van der Waals surface area contributed by atoms with Crippen molar-refractivity contribution in [2.24, 2.45) is 10.9 Å². The Kier molecular flexibility index (Phi) is 5.40. The monoisotopic (exact) mass is 397 g/mol. The van der Waals surface area contributed by atoms with E-state index < -0.39 is 10.0 Å². The van der Waals surface area contributed by atoms with Crippen LogP contribution in [0.2, 0.25) is 0 Å². The summed E-state index contributed by atoms with van der Waals surface area (Å²) in [4.78, 5) is 17.3. The summed E-state index contributed by atoms with van der Waals surface area (Å²) in [6.45, 7) is 4.84. The van der Waals surface area contributed by atoms with Crippen LogP contribution in [0.3, 0.4) is 0 Å². The third kappa shape index (κ3) is 3.94. The number of benzene rings is 1. The van der Waals surface area contributed by atoms with Crippen LogP contribution in [0, 0.1) is 11.7 Å². The quantitative estimate of drug-likeness (QED) is 0.742. The van der Waals surface area contributed by atoms with Gasteiger partial charge in [-0.1, -0.05) is 17.4 Å². The van der Waals surface area contributed by atoms with Crippen LogP contribution in [0.5, 0.6) is 0 Å². The number of piperidine rings is 1. The second-order valence-corrected chi connectivity index (χ2v) is 9.27. The average molecular weight is 397 g/mol. The lowest BCUT2D eigenvalue weighted by molar-refractivity contribution is -0.122. The van der Waals surface area contributed by atoms with Gasteiger partial charge in [-0.3, -0.25) is 4.79 Å². The van der Waals surface area contributed by atoms with Crippen LogP contribution < -0.4 is 4.80 Å². The van der Waals surface area contributed by atoms with E-state index in [-0.39, 0.29) is 17.6 Å². The van der Waals surface area contributed by atoms with Crippen LogP contribution in [0.4, 0.5) is 4.39 Å². The van der Waals surface area contributed by atoms with Gasteiger partial charge in [0.05, 0.1) is 16.5 Å². The standard InChI is InChI=1S/C17H20FN3O3S2/c1-3-8-21-14-5-4-13(18)11-15(14)25-17(21)19-16(22)12-6-9-20(10-7-12)26(2,23)24/h3-5,11-12H,1,6-10H2,2H3. The lowest BCUT2D eigenvalue weighted by atomic mass is 9.98. The van der Waals surface area contributed by atoms with Gasteiger partial charge in [0.2, 0.25) is 10.0 Å². The number of carbonyl (C=O) groups excluding carboxylic acids is 1. The van der Waals surface area contributed by atoms with Crippen molar-refractivity contribution in [1.82, 2.24) is 8.87 Å². The van der Waals surface area contributed by atoms with E-state index in [1.165, 1.54) is 34.0 Å². The highest BCUT2D eigenvalue weighted by Gasteiger charge is 2.28. The molecule has 0 spiro atoms. The molecule has 1 fully saturated rings. The summed E-state index contributed by atoms with van der Waals surface area (Å²) in [5.41, 5.74) is 0.801. The summed E-state index contributed by atoms with van der Waals surface area (Å²) in [6, 6.07) is 4.47. The fourth-order valence-corrected chi connectivity index (χ4v) is 5.00. The molecule has 1 amide bonds. The Balaban J connectivity index is 1.89. The Morgan fingerprint density at radius 1 is 1.42 bits per heavy atom. The van der Waals surface area contributed by atoms with Gasteiger partial charge in [-0.25, -0.2) is 17.1 Å². The normalized spacial score (nSPS) is 17.7. The number of allylic oxidation sites excluding steroid dienone is 1. The van der Waals surface area contributed by atoms with Gasteiger partial charge < -0.3 is 4.57 Å². The molecule has 0 unspecified atom stereocenters. The minimum atomic E-state index is -3.23. The smallest absolute Gasteiger partial charge is 0.251 e. The number of rotatable bonds is 4. The number of halogens is 1. The molecular formula is C17H20FN3O3S2. The maximum Gasteiger partial charge on any atom is 0.251 e. The summed E-state index contributed by atoms with van der Waals surface area (Å²) >= 11 is 1.26. The Bertz CT molecular complexity index is 1020. The van der Waals surface area contributed by atoms with Crippen LogP contribution >= 0.6 is 11.3 Å². The van der Waals surface area contributed by atoms with Crippen molar-refractivity contribution in [2.45, 2.75) is 19.4 Å². The zero-order chi connectivity index (χ0) is 18.9. The number of sulfonamides is 1. The highest BCUT2D eigenvalue weighted by molar-refractivity contribution is 7.88. The molecule has 140 valence electrons. The third-order valence-electron chi connectivity index (χ3n) is 4.43. The van der Waals surface area contributed by atoms with Crippen LogP contribution in [-0.2, 0) is 21.4 Å². The van der Waals surface area contributed by atoms with E-state index in [4.69, 9.17) is 0 Å².